The van der Waals surface area contributed by atoms with Gasteiger partial charge in [0.2, 0.25) is 5.91 Å². The number of ether oxygens (including phenoxy) is 2. The van der Waals surface area contributed by atoms with Gasteiger partial charge in [-0.15, -0.1) is 11.3 Å². The van der Waals surface area contributed by atoms with Crippen LogP contribution in [0.2, 0.25) is 5.02 Å². The van der Waals surface area contributed by atoms with Gasteiger partial charge in [-0.25, -0.2) is 4.98 Å². The lowest BCUT2D eigenvalue weighted by molar-refractivity contribution is -0.116. The number of anilines is 1. The Morgan fingerprint density at radius 3 is 2.76 bits per heavy atom. The van der Waals surface area contributed by atoms with E-state index in [-0.39, 0.29) is 18.0 Å². The van der Waals surface area contributed by atoms with Gasteiger partial charge in [0.1, 0.15) is 22.9 Å². The summed E-state index contributed by atoms with van der Waals surface area (Å²) in [5.74, 6) is 0.435. The van der Waals surface area contributed by atoms with Crippen molar-refractivity contribution in [2.24, 2.45) is 0 Å². The minimum Gasteiger partial charge on any atom is -0.495 e. The molecule has 0 fully saturated rings. The predicted octanol–water partition coefficient (Wildman–Crippen LogP) is 3.65. The number of nitrogens with zero attached hydrogens (tertiary/aromatic N) is 2. The van der Waals surface area contributed by atoms with E-state index in [9.17, 15) is 9.59 Å². The van der Waals surface area contributed by atoms with Crippen molar-refractivity contribution >= 4 is 44.7 Å². The van der Waals surface area contributed by atoms with Crippen LogP contribution in [-0.4, -0.2) is 29.7 Å². The van der Waals surface area contributed by atoms with E-state index in [0.29, 0.717) is 27.6 Å². The summed E-state index contributed by atoms with van der Waals surface area (Å²) >= 11 is 7.69. The molecule has 0 spiro atoms. The van der Waals surface area contributed by atoms with Crippen molar-refractivity contribution in [3.63, 3.8) is 0 Å². The third kappa shape index (κ3) is 3.70. The molecule has 7 nitrogen and oxygen atoms in total. The van der Waals surface area contributed by atoms with Gasteiger partial charge in [0.25, 0.3) is 5.56 Å². The van der Waals surface area contributed by atoms with Crippen LogP contribution in [-0.2, 0) is 24.2 Å². The normalized spacial score (nSPS) is 13.2. The number of aromatic nitrogens is 2. The number of carbonyl (C=O) groups excluding carboxylic acids is 1. The molecule has 0 saturated heterocycles. The van der Waals surface area contributed by atoms with Crippen LogP contribution in [0.3, 0.4) is 0 Å². The quantitative estimate of drug-likeness (QED) is 0.664. The van der Waals surface area contributed by atoms with E-state index >= 15 is 0 Å². The molecule has 1 aromatic carbocycles. The molecule has 4 rings (SSSR count). The van der Waals surface area contributed by atoms with Gasteiger partial charge in [-0.05, 0) is 31.2 Å². The van der Waals surface area contributed by atoms with E-state index in [2.05, 4.69) is 10.3 Å². The Morgan fingerprint density at radius 1 is 1.24 bits per heavy atom. The maximum atomic E-state index is 13.0. The van der Waals surface area contributed by atoms with E-state index in [1.807, 2.05) is 0 Å². The third-order valence-corrected chi connectivity index (χ3v) is 6.50. The fourth-order valence-electron chi connectivity index (χ4n) is 3.60. The van der Waals surface area contributed by atoms with Crippen LogP contribution in [0.5, 0.6) is 11.5 Å². The van der Waals surface area contributed by atoms with Crippen LogP contribution in [0, 0.1) is 0 Å². The molecule has 152 valence electrons. The second-order valence-electron chi connectivity index (χ2n) is 6.80. The summed E-state index contributed by atoms with van der Waals surface area (Å²) in [7, 11) is 2.97. The highest BCUT2D eigenvalue weighted by Gasteiger charge is 2.21. The van der Waals surface area contributed by atoms with Crippen molar-refractivity contribution < 1.29 is 14.3 Å². The molecule has 3 aromatic rings. The molecule has 2 heterocycles. The Hall–Kier alpha value is -2.58. The van der Waals surface area contributed by atoms with Crippen LogP contribution < -0.4 is 20.3 Å². The van der Waals surface area contributed by atoms with Crippen molar-refractivity contribution in [2.75, 3.05) is 19.5 Å². The topological polar surface area (TPSA) is 82.5 Å². The molecule has 9 heteroatoms. The van der Waals surface area contributed by atoms with E-state index in [1.54, 1.807) is 23.5 Å². The number of hydrogen-bond donors (Lipinski definition) is 1. The molecule has 1 N–H and O–H groups in total. The monoisotopic (exact) mass is 433 g/mol. The minimum atomic E-state index is -0.375. The van der Waals surface area contributed by atoms with Crippen molar-refractivity contribution in [2.45, 2.75) is 32.2 Å². The van der Waals surface area contributed by atoms with Gasteiger partial charge in [-0.3, -0.25) is 14.2 Å². The average molecular weight is 434 g/mol. The maximum absolute atomic E-state index is 13.0. The molecule has 2 aromatic heterocycles. The number of halogens is 1. The zero-order valence-electron chi connectivity index (χ0n) is 16.1. The highest BCUT2D eigenvalue weighted by Crippen LogP contribution is 2.36. The molecule has 0 unspecified atom stereocenters. The Morgan fingerprint density at radius 2 is 2.00 bits per heavy atom. The van der Waals surface area contributed by atoms with Crippen LogP contribution in [0.15, 0.2) is 23.3 Å². The fourth-order valence-corrected chi connectivity index (χ4v) is 5.05. The van der Waals surface area contributed by atoms with E-state index in [1.165, 1.54) is 30.0 Å². The number of thiophene rings is 1. The number of hydrogen-bond acceptors (Lipinski definition) is 6. The van der Waals surface area contributed by atoms with Crippen LogP contribution in [0.4, 0.5) is 5.69 Å². The minimum absolute atomic E-state index is 0.152. The summed E-state index contributed by atoms with van der Waals surface area (Å²) in [4.78, 5) is 32.0. The predicted molar refractivity (Wildman–Crippen MR) is 114 cm³/mol. The first-order valence-electron chi connectivity index (χ1n) is 9.23. The molecule has 1 aliphatic rings. The van der Waals surface area contributed by atoms with Gasteiger partial charge < -0.3 is 14.8 Å². The lowest BCUT2D eigenvalue weighted by atomic mass is 9.97. The average Bonchev–Trinajstić information content (AvgIpc) is 3.10. The van der Waals surface area contributed by atoms with E-state index in [0.717, 1.165) is 36.1 Å². The number of rotatable bonds is 5. The number of benzene rings is 1. The van der Waals surface area contributed by atoms with Crippen LogP contribution in [0.1, 0.15) is 23.3 Å². The zero-order valence-corrected chi connectivity index (χ0v) is 17.7. The number of fused-ring (bicyclic) bond motifs is 3. The third-order valence-electron chi connectivity index (χ3n) is 5.00. The number of nitrogens with one attached hydrogen (secondary N) is 1. The first-order valence-corrected chi connectivity index (χ1v) is 10.4. The number of methoxy groups -OCH3 is 2. The summed E-state index contributed by atoms with van der Waals surface area (Å²) in [6.45, 7) is -0.152. The van der Waals surface area contributed by atoms with Crippen molar-refractivity contribution in [3.05, 3.63) is 44.3 Å². The molecule has 0 atom stereocenters. The molecule has 1 amide bonds. The second-order valence-corrected chi connectivity index (χ2v) is 8.29. The summed E-state index contributed by atoms with van der Waals surface area (Å²) in [6.07, 6.45) is 5.54. The molecular formula is C20H20ClN3O4S. The summed E-state index contributed by atoms with van der Waals surface area (Å²) < 4.78 is 11.8. The van der Waals surface area contributed by atoms with Gasteiger partial charge in [-0.1, -0.05) is 11.6 Å². The van der Waals surface area contributed by atoms with Gasteiger partial charge in [-0.2, -0.15) is 0 Å². The lowest BCUT2D eigenvalue weighted by Gasteiger charge is -2.14. The smallest absolute Gasteiger partial charge is 0.262 e. The Labute approximate surface area is 176 Å². The standard InChI is InChI=1S/C20H20ClN3O4S/c1-27-14-8-13(15(28-2)7-12(14)21)23-17(25)9-24-10-22-19-18(20(24)26)11-5-3-4-6-16(11)29-19/h7-8,10H,3-6,9H2,1-2H3,(H,23,25). The van der Waals surface area contributed by atoms with Gasteiger partial charge in [0.05, 0.1) is 36.6 Å². The Kier molecular flexibility index (Phi) is 5.47. The van der Waals surface area contributed by atoms with Gasteiger partial charge in [0.15, 0.2) is 0 Å². The summed E-state index contributed by atoms with van der Waals surface area (Å²) in [5.41, 5.74) is 1.34. The molecule has 29 heavy (non-hydrogen) atoms. The zero-order chi connectivity index (χ0) is 20.5. The van der Waals surface area contributed by atoms with Crippen LogP contribution in [0.25, 0.3) is 10.2 Å². The molecular weight excluding hydrogens is 414 g/mol. The lowest BCUT2D eigenvalue weighted by Crippen LogP contribution is -2.28. The van der Waals surface area contributed by atoms with Gasteiger partial charge in [0, 0.05) is 17.0 Å². The number of carbonyl (C=O) groups is 1. The van der Waals surface area contributed by atoms with Crippen LogP contribution >= 0.6 is 22.9 Å². The van der Waals surface area contributed by atoms with Crippen molar-refractivity contribution in [3.8, 4) is 11.5 Å². The van der Waals surface area contributed by atoms with Crippen molar-refractivity contribution in [1.29, 1.82) is 0 Å². The number of amides is 1. The molecule has 0 saturated carbocycles. The Bertz CT molecular complexity index is 1150. The first-order chi connectivity index (χ1) is 14.0. The van der Waals surface area contributed by atoms with Gasteiger partial charge >= 0.3 is 0 Å². The second kappa shape index (κ2) is 8.04. The maximum Gasteiger partial charge on any atom is 0.262 e. The largest absolute Gasteiger partial charge is 0.495 e. The summed E-state index contributed by atoms with van der Waals surface area (Å²) in [6, 6.07) is 3.14. The fraction of sp³-hybridized carbons (Fsp3) is 0.350. The highest BCUT2D eigenvalue weighted by molar-refractivity contribution is 7.18. The Balaban J connectivity index is 1.62. The highest BCUT2D eigenvalue weighted by atomic mass is 35.5. The van der Waals surface area contributed by atoms with E-state index in [4.69, 9.17) is 21.1 Å². The number of aryl methyl sites for hydroxylation is 2. The molecule has 0 radical (unpaired) electrons. The van der Waals surface area contributed by atoms with Crippen molar-refractivity contribution in [1.82, 2.24) is 9.55 Å². The summed E-state index contributed by atoms with van der Waals surface area (Å²) in [5, 5.41) is 3.78. The molecule has 0 bridgehead atoms. The molecule has 0 aliphatic heterocycles. The first kappa shape index (κ1) is 19.7. The molecule has 1 aliphatic carbocycles. The van der Waals surface area contributed by atoms with E-state index < -0.39 is 0 Å². The SMILES string of the molecule is COc1cc(NC(=O)Cn2cnc3sc4c(c3c2=O)CCCC4)c(OC)cc1Cl.